The van der Waals surface area contributed by atoms with Crippen molar-refractivity contribution < 1.29 is 23.7 Å². The zero-order valence-electron chi connectivity index (χ0n) is 20.8. The molecule has 1 heterocycles. The van der Waals surface area contributed by atoms with E-state index in [1.807, 2.05) is 48.5 Å². The van der Waals surface area contributed by atoms with Crippen molar-refractivity contribution in [3.63, 3.8) is 0 Å². The highest BCUT2D eigenvalue weighted by Gasteiger charge is 2.31. The lowest BCUT2D eigenvalue weighted by molar-refractivity contribution is -0.141. The van der Waals surface area contributed by atoms with Gasteiger partial charge in [-0.15, -0.1) is 0 Å². The van der Waals surface area contributed by atoms with Crippen LogP contribution in [0, 0.1) is 11.3 Å². The van der Waals surface area contributed by atoms with E-state index in [1.165, 1.54) is 5.56 Å². The quantitative estimate of drug-likeness (QED) is 0.240. The van der Waals surface area contributed by atoms with Crippen molar-refractivity contribution in [2.24, 2.45) is 5.73 Å². The number of nitriles is 1. The molecule has 2 N–H and O–H groups in total. The number of fused-ring (bicyclic) bond motifs is 1. The molecule has 0 aliphatic carbocycles. The summed E-state index contributed by atoms with van der Waals surface area (Å²) in [5.41, 5.74) is 9.11. The van der Waals surface area contributed by atoms with E-state index in [1.54, 1.807) is 31.2 Å². The second-order valence-corrected chi connectivity index (χ2v) is 8.48. The summed E-state index contributed by atoms with van der Waals surface area (Å²) in [6.45, 7) is 7.72. The average Bonchev–Trinajstić information content (AvgIpc) is 2.91. The SMILES string of the molecule is C=CCOc1cccc(C2C(C#N)=C(N)Oc3cc(OC(=O)C(C)Oc4ccc(CC)cc4)ccc32)c1. The van der Waals surface area contributed by atoms with Gasteiger partial charge in [0.15, 0.2) is 6.10 Å². The molecule has 1 aliphatic heterocycles. The minimum Gasteiger partial charge on any atom is -0.490 e. The predicted octanol–water partition coefficient (Wildman–Crippen LogP) is 5.40. The third kappa shape index (κ3) is 5.76. The van der Waals surface area contributed by atoms with E-state index in [0.717, 1.165) is 12.0 Å². The fourth-order valence-electron chi connectivity index (χ4n) is 4.04. The molecular weight excluding hydrogens is 468 g/mol. The first-order valence-corrected chi connectivity index (χ1v) is 12.0. The number of rotatable bonds is 9. The minimum atomic E-state index is -0.828. The van der Waals surface area contributed by atoms with Gasteiger partial charge in [0.1, 0.15) is 41.2 Å². The van der Waals surface area contributed by atoms with Crippen LogP contribution in [-0.4, -0.2) is 18.7 Å². The van der Waals surface area contributed by atoms with Crippen LogP contribution in [0.4, 0.5) is 0 Å². The number of benzene rings is 3. The van der Waals surface area contributed by atoms with Gasteiger partial charge in [-0.2, -0.15) is 5.26 Å². The van der Waals surface area contributed by atoms with Crippen molar-refractivity contribution in [2.75, 3.05) is 6.61 Å². The lowest BCUT2D eigenvalue weighted by Gasteiger charge is -2.27. The summed E-state index contributed by atoms with van der Waals surface area (Å²) in [4.78, 5) is 12.7. The van der Waals surface area contributed by atoms with Gasteiger partial charge in [0, 0.05) is 11.6 Å². The molecule has 0 amide bonds. The van der Waals surface area contributed by atoms with Crippen LogP contribution in [0.15, 0.2) is 90.8 Å². The number of nitrogens with zero attached hydrogens (tertiary/aromatic N) is 1. The van der Waals surface area contributed by atoms with Gasteiger partial charge in [0.25, 0.3) is 0 Å². The zero-order valence-corrected chi connectivity index (χ0v) is 20.8. The van der Waals surface area contributed by atoms with E-state index in [2.05, 4.69) is 19.6 Å². The standard InChI is InChI=1S/C30H28N2O5/c1-4-15-34-23-8-6-7-21(16-23)28-25-14-13-24(17-27(25)37-29(32)26(28)18-31)36-30(33)19(3)35-22-11-9-20(5-2)10-12-22/h4,6-14,16-17,19,28H,1,5,15,32H2,2-3H3. The Hall–Kier alpha value is -4.70. The van der Waals surface area contributed by atoms with Gasteiger partial charge in [0.05, 0.1) is 5.92 Å². The summed E-state index contributed by atoms with van der Waals surface area (Å²) >= 11 is 0. The number of carbonyl (C=O) groups excluding carboxylic acids is 1. The van der Waals surface area contributed by atoms with Crippen molar-refractivity contribution in [3.8, 4) is 29.1 Å². The number of hydrogen-bond donors (Lipinski definition) is 1. The van der Waals surface area contributed by atoms with Crippen molar-refractivity contribution in [2.45, 2.75) is 32.3 Å². The molecule has 3 aromatic rings. The Kier molecular flexibility index (Phi) is 7.80. The number of hydrogen-bond acceptors (Lipinski definition) is 7. The molecule has 3 aromatic carbocycles. The lowest BCUT2D eigenvalue weighted by atomic mass is 9.83. The molecule has 4 rings (SSSR count). The third-order valence-electron chi connectivity index (χ3n) is 5.94. The summed E-state index contributed by atoms with van der Waals surface area (Å²) in [6.07, 6.45) is 1.75. The summed E-state index contributed by atoms with van der Waals surface area (Å²) in [7, 11) is 0. The fourth-order valence-corrected chi connectivity index (χ4v) is 4.04. The molecule has 0 saturated heterocycles. The number of esters is 1. The molecule has 37 heavy (non-hydrogen) atoms. The summed E-state index contributed by atoms with van der Waals surface area (Å²) in [5.74, 6) is 0.862. The van der Waals surface area contributed by atoms with Crippen LogP contribution in [0.3, 0.4) is 0 Å². The molecule has 2 atom stereocenters. The monoisotopic (exact) mass is 496 g/mol. The highest BCUT2D eigenvalue weighted by molar-refractivity contribution is 5.77. The van der Waals surface area contributed by atoms with Crippen LogP contribution in [0.25, 0.3) is 0 Å². The first-order valence-electron chi connectivity index (χ1n) is 12.0. The van der Waals surface area contributed by atoms with E-state index in [9.17, 15) is 10.1 Å². The fraction of sp³-hybridized carbons (Fsp3) is 0.200. The van der Waals surface area contributed by atoms with E-state index in [0.29, 0.717) is 29.4 Å². The van der Waals surface area contributed by atoms with E-state index in [-0.39, 0.29) is 17.2 Å². The average molecular weight is 497 g/mol. The Labute approximate surface area is 216 Å². The first kappa shape index (κ1) is 25.4. The lowest BCUT2D eigenvalue weighted by Crippen LogP contribution is -2.28. The zero-order chi connectivity index (χ0) is 26.4. The van der Waals surface area contributed by atoms with Crippen LogP contribution >= 0.6 is 0 Å². The van der Waals surface area contributed by atoms with E-state index >= 15 is 0 Å². The third-order valence-corrected chi connectivity index (χ3v) is 5.94. The summed E-state index contributed by atoms with van der Waals surface area (Å²) < 4.78 is 22.7. The number of nitrogens with two attached hydrogens (primary N) is 1. The van der Waals surface area contributed by atoms with Crippen molar-refractivity contribution in [3.05, 3.63) is 108 Å². The maximum Gasteiger partial charge on any atom is 0.352 e. The molecule has 0 bridgehead atoms. The Balaban J connectivity index is 1.55. The maximum atomic E-state index is 12.7. The molecule has 0 spiro atoms. The number of carbonyl (C=O) groups is 1. The largest absolute Gasteiger partial charge is 0.490 e. The molecule has 0 radical (unpaired) electrons. The molecular formula is C30H28N2O5. The van der Waals surface area contributed by atoms with E-state index < -0.39 is 18.0 Å². The Morgan fingerprint density at radius 3 is 2.59 bits per heavy atom. The van der Waals surface area contributed by atoms with Crippen LogP contribution in [0.2, 0.25) is 0 Å². The van der Waals surface area contributed by atoms with Gasteiger partial charge >= 0.3 is 5.97 Å². The van der Waals surface area contributed by atoms with Gasteiger partial charge < -0.3 is 24.7 Å². The molecule has 0 aromatic heterocycles. The normalized spacial score (nSPS) is 15.0. The first-order chi connectivity index (χ1) is 17.9. The number of aryl methyl sites for hydroxylation is 1. The molecule has 1 aliphatic rings. The highest BCUT2D eigenvalue weighted by Crippen LogP contribution is 2.44. The molecule has 7 heteroatoms. The van der Waals surface area contributed by atoms with Crippen LogP contribution in [-0.2, 0) is 11.2 Å². The van der Waals surface area contributed by atoms with Crippen molar-refractivity contribution in [1.82, 2.24) is 0 Å². The number of allylic oxidation sites excluding steroid dienone is 1. The van der Waals surface area contributed by atoms with Crippen molar-refractivity contribution >= 4 is 5.97 Å². The summed E-state index contributed by atoms with van der Waals surface area (Å²) in [6, 6.07) is 22.2. The van der Waals surface area contributed by atoms with Gasteiger partial charge in [-0.05, 0) is 54.8 Å². The second-order valence-electron chi connectivity index (χ2n) is 8.48. The molecule has 0 saturated carbocycles. The van der Waals surface area contributed by atoms with E-state index in [4.69, 9.17) is 24.7 Å². The molecule has 2 unspecified atom stereocenters. The second kappa shape index (κ2) is 11.4. The van der Waals surface area contributed by atoms with Crippen LogP contribution in [0.5, 0.6) is 23.0 Å². The van der Waals surface area contributed by atoms with Gasteiger partial charge in [-0.1, -0.05) is 49.9 Å². The highest BCUT2D eigenvalue weighted by atomic mass is 16.6. The Morgan fingerprint density at radius 2 is 1.89 bits per heavy atom. The Morgan fingerprint density at radius 1 is 1.14 bits per heavy atom. The summed E-state index contributed by atoms with van der Waals surface area (Å²) in [5, 5.41) is 9.82. The smallest absolute Gasteiger partial charge is 0.352 e. The number of ether oxygens (including phenoxy) is 4. The minimum absolute atomic E-state index is 0.00637. The predicted molar refractivity (Wildman–Crippen MR) is 139 cm³/mol. The topological polar surface area (TPSA) is 104 Å². The Bertz CT molecular complexity index is 1370. The maximum absolute atomic E-state index is 12.7. The molecule has 188 valence electrons. The van der Waals surface area contributed by atoms with Gasteiger partial charge in [-0.25, -0.2) is 4.79 Å². The molecule has 0 fully saturated rings. The van der Waals surface area contributed by atoms with Crippen molar-refractivity contribution in [1.29, 1.82) is 5.26 Å². The molecule has 7 nitrogen and oxygen atoms in total. The van der Waals surface area contributed by atoms with Gasteiger partial charge in [-0.3, -0.25) is 0 Å². The van der Waals surface area contributed by atoms with Gasteiger partial charge in [0.2, 0.25) is 5.88 Å². The van der Waals surface area contributed by atoms with Crippen LogP contribution in [0.1, 0.15) is 36.5 Å². The van der Waals surface area contributed by atoms with Crippen LogP contribution < -0.4 is 24.7 Å².